The molecule has 2 aromatic rings. The average Bonchev–Trinajstić information content (AvgIpc) is 2.93. The number of hydrogen-bond acceptors (Lipinski definition) is 4. The Hall–Kier alpha value is -1.70. The lowest BCUT2D eigenvalue weighted by atomic mass is 10.1. The topological polar surface area (TPSA) is 61.4 Å². The summed E-state index contributed by atoms with van der Waals surface area (Å²) < 4.78 is 1.07. The van der Waals surface area contributed by atoms with Gasteiger partial charge >= 0.3 is 0 Å². The van der Waals surface area contributed by atoms with Crippen molar-refractivity contribution in [3.63, 3.8) is 0 Å². The van der Waals surface area contributed by atoms with Crippen LogP contribution in [0.1, 0.15) is 21.6 Å². The van der Waals surface area contributed by atoms with Crippen molar-refractivity contribution in [2.45, 2.75) is 27.3 Å². The lowest BCUT2D eigenvalue weighted by Gasteiger charge is -2.16. The molecular formula is C19H24BrN3O2S. The molecule has 0 bridgehead atoms. The van der Waals surface area contributed by atoms with Crippen LogP contribution in [0.4, 0.5) is 5.69 Å². The fourth-order valence-corrected chi connectivity index (χ4v) is 4.36. The summed E-state index contributed by atoms with van der Waals surface area (Å²) in [5.41, 5.74) is 4.01. The van der Waals surface area contributed by atoms with Gasteiger partial charge in [-0.3, -0.25) is 14.5 Å². The summed E-state index contributed by atoms with van der Waals surface area (Å²) in [6, 6.07) is 8.08. The predicted molar refractivity (Wildman–Crippen MR) is 111 cm³/mol. The molecule has 0 spiro atoms. The van der Waals surface area contributed by atoms with Crippen molar-refractivity contribution < 1.29 is 9.59 Å². The van der Waals surface area contributed by atoms with Gasteiger partial charge in [-0.15, -0.1) is 11.3 Å². The van der Waals surface area contributed by atoms with Gasteiger partial charge in [0.05, 0.1) is 16.9 Å². The van der Waals surface area contributed by atoms with E-state index < -0.39 is 0 Å². The van der Waals surface area contributed by atoms with E-state index in [2.05, 4.69) is 26.6 Å². The molecule has 0 fully saturated rings. The maximum Gasteiger partial charge on any atom is 0.243 e. The zero-order chi connectivity index (χ0) is 19.3. The minimum absolute atomic E-state index is 0.0377. The van der Waals surface area contributed by atoms with Crippen LogP contribution in [0.2, 0.25) is 0 Å². The minimum Gasteiger partial charge on any atom is -0.346 e. The molecule has 2 amide bonds. The number of hydrogen-bond donors (Lipinski definition) is 2. The van der Waals surface area contributed by atoms with Gasteiger partial charge in [-0.25, -0.2) is 0 Å². The molecule has 2 rings (SSSR count). The minimum atomic E-state index is -0.224. The fraction of sp³-hybridized carbons (Fsp3) is 0.368. The van der Waals surface area contributed by atoms with Crippen molar-refractivity contribution >= 4 is 44.8 Å². The van der Waals surface area contributed by atoms with E-state index in [4.69, 9.17) is 0 Å². The highest BCUT2D eigenvalue weighted by Crippen LogP contribution is 2.23. The Labute approximate surface area is 166 Å². The molecule has 2 N–H and O–H groups in total. The van der Waals surface area contributed by atoms with E-state index in [1.165, 1.54) is 4.88 Å². The van der Waals surface area contributed by atoms with E-state index >= 15 is 0 Å². The zero-order valence-electron chi connectivity index (χ0n) is 15.5. The van der Waals surface area contributed by atoms with Crippen LogP contribution in [0.5, 0.6) is 0 Å². The summed E-state index contributed by atoms with van der Waals surface area (Å²) in [5, 5.41) is 5.56. The smallest absolute Gasteiger partial charge is 0.243 e. The number of rotatable bonds is 7. The molecule has 0 unspecified atom stereocenters. The summed E-state index contributed by atoms with van der Waals surface area (Å²) >= 11 is 5.08. The maximum atomic E-state index is 12.1. The van der Waals surface area contributed by atoms with Crippen molar-refractivity contribution in [2.24, 2.45) is 0 Å². The number of halogens is 1. The maximum absolute atomic E-state index is 12.1. The number of benzene rings is 1. The van der Waals surface area contributed by atoms with Crippen LogP contribution in [0.25, 0.3) is 0 Å². The predicted octanol–water partition coefficient (Wildman–Crippen LogP) is 3.62. The van der Waals surface area contributed by atoms with Crippen LogP contribution in [0, 0.1) is 20.8 Å². The second-order valence-corrected chi connectivity index (χ2v) is 9.02. The number of thiophene rings is 1. The van der Waals surface area contributed by atoms with Crippen LogP contribution < -0.4 is 10.6 Å². The van der Waals surface area contributed by atoms with Gasteiger partial charge in [-0.2, -0.15) is 0 Å². The van der Waals surface area contributed by atoms with E-state index in [9.17, 15) is 9.59 Å². The number of nitrogens with zero attached hydrogens (tertiary/aromatic N) is 1. The van der Waals surface area contributed by atoms with Crippen molar-refractivity contribution in [1.29, 1.82) is 0 Å². The first-order valence-electron chi connectivity index (χ1n) is 8.31. The molecule has 7 heteroatoms. The Kier molecular flexibility index (Phi) is 7.37. The van der Waals surface area contributed by atoms with E-state index in [0.29, 0.717) is 6.54 Å². The first-order valence-corrected chi connectivity index (χ1v) is 9.92. The Morgan fingerprint density at radius 1 is 1.12 bits per heavy atom. The van der Waals surface area contributed by atoms with E-state index in [0.717, 1.165) is 26.2 Å². The van der Waals surface area contributed by atoms with Gasteiger partial charge < -0.3 is 10.6 Å². The molecule has 0 radical (unpaired) electrons. The number of carbonyl (C=O) groups is 2. The highest BCUT2D eigenvalue weighted by Gasteiger charge is 2.12. The monoisotopic (exact) mass is 437 g/mol. The lowest BCUT2D eigenvalue weighted by Crippen LogP contribution is -2.39. The molecule has 140 valence electrons. The van der Waals surface area contributed by atoms with Crippen molar-refractivity contribution in [3.05, 3.63) is 49.6 Å². The lowest BCUT2D eigenvalue weighted by molar-refractivity contribution is -0.124. The van der Waals surface area contributed by atoms with Gasteiger partial charge in [0, 0.05) is 17.1 Å². The van der Waals surface area contributed by atoms with E-state index in [1.54, 1.807) is 11.3 Å². The largest absolute Gasteiger partial charge is 0.346 e. The van der Waals surface area contributed by atoms with Crippen LogP contribution >= 0.6 is 27.3 Å². The molecule has 5 nitrogen and oxygen atoms in total. The van der Waals surface area contributed by atoms with E-state index in [1.807, 2.05) is 57.0 Å². The van der Waals surface area contributed by atoms with Crippen molar-refractivity contribution in [1.82, 2.24) is 10.2 Å². The Morgan fingerprint density at radius 3 is 2.35 bits per heavy atom. The Bertz CT molecular complexity index is 781. The third-order valence-electron chi connectivity index (χ3n) is 3.86. The standard InChI is InChI=1S/C19H24BrN3O2S/c1-12-7-13(2)19(14(3)8-12)22-17(24)9-21-18(25)11-23(4)10-15-5-6-16(20)26-15/h5-8H,9-11H2,1-4H3,(H,21,25)(H,22,24). The van der Waals surface area contributed by atoms with Gasteiger partial charge in [0.2, 0.25) is 11.8 Å². The molecule has 0 aliphatic rings. The summed E-state index contributed by atoms with van der Waals surface area (Å²) in [7, 11) is 1.88. The van der Waals surface area contributed by atoms with Gasteiger partial charge in [0.25, 0.3) is 0 Å². The second kappa shape index (κ2) is 9.30. The molecule has 26 heavy (non-hydrogen) atoms. The van der Waals surface area contributed by atoms with Crippen LogP contribution in [-0.2, 0) is 16.1 Å². The summed E-state index contributed by atoms with van der Waals surface area (Å²) in [5.74, 6) is -0.395. The summed E-state index contributed by atoms with van der Waals surface area (Å²) in [6.07, 6.45) is 0. The molecule has 0 aliphatic carbocycles. The highest BCUT2D eigenvalue weighted by molar-refractivity contribution is 9.11. The third-order valence-corrected chi connectivity index (χ3v) is 5.46. The SMILES string of the molecule is Cc1cc(C)c(NC(=O)CNC(=O)CN(C)Cc2ccc(Br)s2)c(C)c1. The van der Waals surface area contributed by atoms with Crippen LogP contribution in [0.15, 0.2) is 28.1 Å². The van der Waals surface area contributed by atoms with Gasteiger partial charge in [0.15, 0.2) is 0 Å². The number of amides is 2. The quantitative estimate of drug-likeness (QED) is 0.694. The zero-order valence-corrected chi connectivity index (χ0v) is 17.9. The number of carbonyl (C=O) groups excluding carboxylic acids is 2. The Morgan fingerprint density at radius 2 is 1.77 bits per heavy atom. The van der Waals surface area contributed by atoms with E-state index in [-0.39, 0.29) is 24.9 Å². The number of aryl methyl sites for hydroxylation is 3. The number of likely N-dealkylation sites (N-methyl/N-ethyl adjacent to an activating group) is 1. The van der Waals surface area contributed by atoms with Gasteiger partial charge in [0.1, 0.15) is 0 Å². The van der Waals surface area contributed by atoms with Crippen molar-refractivity contribution in [2.75, 3.05) is 25.5 Å². The Balaban J connectivity index is 1.79. The summed E-state index contributed by atoms with van der Waals surface area (Å²) in [4.78, 5) is 27.3. The van der Waals surface area contributed by atoms with Gasteiger partial charge in [-0.05, 0) is 67.0 Å². The highest BCUT2D eigenvalue weighted by atomic mass is 79.9. The number of nitrogens with one attached hydrogen (secondary N) is 2. The molecule has 0 saturated carbocycles. The first-order chi connectivity index (χ1) is 12.2. The second-order valence-electron chi connectivity index (χ2n) is 6.48. The van der Waals surface area contributed by atoms with Gasteiger partial charge in [-0.1, -0.05) is 17.7 Å². The first kappa shape index (κ1) is 20.6. The third kappa shape index (κ3) is 6.23. The van der Waals surface area contributed by atoms with Crippen molar-refractivity contribution in [3.8, 4) is 0 Å². The molecule has 0 aliphatic heterocycles. The van der Waals surface area contributed by atoms with Crippen LogP contribution in [-0.4, -0.2) is 36.9 Å². The fourth-order valence-electron chi connectivity index (χ4n) is 2.80. The molecule has 0 saturated heterocycles. The molecule has 1 aromatic heterocycles. The molecule has 1 heterocycles. The average molecular weight is 438 g/mol. The van der Waals surface area contributed by atoms with Crippen LogP contribution in [0.3, 0.4) is 0 Å². The number of anilines is 1. The normalized spacial score (nSPS) is 10.8. The molecule has 1 aromatic carbocycles. The summed E-state index contributed by atoms with van der Waals surface area (Å²) in [6.45, 7) is 6.85. The molecule has 0 atom stereocenters. The molecular weight excluding hydrogens is 414 g/mol.